The van der Waals surface area contributed by atoms with Gasteiger partial charge in [-0.3, -0.25) is 4.79 Å². The number of carbonyl (C=O) groups is 1. The van der Waals surface area contributed by atoms with Gasteiger partial charge in [-0.05, 0) is 49.2 Å². The van der Waals surface area contributed by atoms with Crippen molar-refractivity contribution in [3.8, 4) is 6.07 Å². The first-order valence-corrected chi connectivity index (χ1v) is 8.12. The van der Waals surface area contributed by atoms with Gasteiger partial charge in [0.2, 0.25) is 0 Å². The molecule has 2 rings (SSSR count). The van der Waals surface area contributed by atoms with Crippen LogP contribution in [-0.4, -0.2) is 5.91 Å². The highest BCUT2D eigenvalue weighted by molar-refractivity contribution is 6.33. The molecule has 0 atom stereocenters. The molecule has 4 nitrogen and oxygen atoms in total. The van der Waals surface area contributed by atoms with Crippen molar-refractivity contribution in [1.82, 2.24) is 0 Å². The Morgan fingerprint density at radius 3 is 2.52 bits per heavy atom. The van der Waals surface area contributed by atoms with Gasteiger partial charge in [0.1, 0.15) is 11.6 Å². The Hall–Kier alpha value is -2.98. The van der Waals surface area contributed by atoms with E-state index in [0.717, 1.165) is 29.5 Å². The van der Waals surface area contributed by atoms with Crippen LogP contribution in [0.25, 0.3) is 0 Å². The number of alkyl halides is 3. The van der Waals surface area contributed by atoms with Gasteiger partial charge in [0.25, 0.3) is 5.91 Å². The summed E-state index contributed by atoms with van der Waals surface area (Å²) in [7, 11) is 0. The molecule has 0 aliphatic carbocycles. The van der Waals surface area contributed by atoms with E-state index in [0.29, 0.717) is 10.7 Å². The van der Waals surface area contributed by atoms with E-state index in [1.807, 2.05) is 19.9 Å². The number of carbonyl (C=O) groups excluding carboxylic acids is 1. The van der Waals surface area contributed by atoms with E-state index in [1.165, 1.54) is 12.1 Å². The molecule has 1 amide bonds. The highest BCUT2D eigenvalue weighted by Crippen LogP contribution is 2.31. The molecule has 0 saturated heterocycles. The summed E-state index contributed by atoms with van der Waals surface area (Å²) in [5, 5.41) is 14.7. The van der Waals surface area contributed by atoms with Crippen LogP contribution in [0.1, 0.15) is 16.7 Å². The van der Waals surface area contributed by atoms with Gasteiger partial charge in [0.05, 0.1) is 16.3 Å². The molecule has 0 saturated carbocycles. The van der Waals surface area contributed by atoms with Gasteiger partial charge in [0, 0.05) is 11.9 Å². The van der Waals surface area contributed by atoms with E-state index in [2.05, 4.69) is 10.6 Å². The second kappa shape index (κ2) is 8.14. The summed E-state index contributed by atoms with van der Waals surface area (Å²) in [4.78, 5) is 12.2. The van der Waals surface area contributed by atoms with E-state index in [4.69, 9.17) is 11.6 Å². The first-order valence-electron chi connectivity index (χ1n) is 7.74. The minimum atomic E-state index is -4.53. The van der Waals surface area contributed by atoms with Gasteiger partial charge >= 0.3 is 6.18 Å². The monoisotopic (exact) mass is 393 g/mol. The molecule has 0 aliphatic rings. The normalized spacial score (nSPS) is 11.7. The molecule has 2 N–H and O–H groups in total. The van der Waals surface area contributed by atoms with Crippen LogP contribution in [0.3, 0.4) is 0 Å². The predicted octanol–water partition coefficient (Wildman–Crippen LogP) is 5.43. The lowest BCUT2D eigenvalue weighted by molar-refractivity contribution is -0.137. The number of hydrogen-bond donors (Lipinski definition) is 2. The van der Waals surface area contributed by atoms with Crippen molar-refractivity contribution in [2.75, 3.05) is 10.6 Å². The van der Waals surface area contributed by atoms with Crippen molar-refractivity contribution >= 4 is 28.9 Å². The molecule has 0 fully saturated rings. The Morgan fingerprint density at radius 1 is 1.22 bits per heavy atom. The molecule has 0 heterocycles. The Morgan fingerprint density at radius 2 is 1.93 bits per heavy atom. The standard InChI is InChI=1S/C19H15ClF3N3O/c1-11-6-12(2)17(16(20)7-11)25-10-13(9-24)18(27)26-15-5-3-4-14(8-15)19(21,22)23/h3-8,10,25H,1-2H3,(H,26,27)/b13-10-. The topological polar surface area (TPSA) is 64.9 Å². The SMILES string of the molecule is Cc1cc(C)c(N/C=C(/C#N)C(=O)Nc2cccc(C(F)(F)F)c2)c(Cl)c1. The first-order chi connectivity index (χ1) is 12.6. The highest BCUT2D eigenvalue weighted by Gasteiger charge is 2.30. The van der Waals surface area contributed by atoms with Gasteiger partial charge < -0.3 is 10.6 Å². The molecule has 0 spiro atoms. The minimum absolute atomic E-state index is 0.0690. The van der Waals surface area contributed by atoms with E-state index in [1.54, 1.807) is 12.1 Å². The van der Waals surface area contributed by atoms with Gasteiger partial charge in [-0.15, -0.1) is 0 Å². The van der Waals surface area contributed by atoms with E-state index in [9.17, 15) is 23.2 Å². The van der Waals surface area contributed by atoms with Crippen molar-refractivity contribution < 1.29 is 18.0 Å². The zero-order chi connectivity index (χ0) is 20.2. The summed E-state index contributed by atoms with van der Waals surface area (Å²) in [5.74, 6) is -0.842. The summed E-state index contributed by atoms with van der Waals surface area (Å²) < 4.78 is 38.2. The number of anilines is 2. The molecule has 0 bridgehead atoms. The van der Waals surface area contributed by atoms with Crippen LogP contribution in [0.15, 0.2) is 48.2 Å². The molecule has 8 heteroatoms. The number of amides is 1. The summed E-state index contributed by atoms with van der Waals surface area (Å²) in [6, 6.07) is 9.46. The van der Waals surface area contributed by atoms with Crippen LogP contribution in [0, 0.1) is 25.2 Å². The van der Waals surface area contributed by atoms with Crippen molar-refractivity contribution in [2.24, 2.45) is 0 Å². The van der Waals surface area contributed by atoms with Crippen LogP contribution in [0.2, 0.25) is 5.02 Å². The quantitative estimate of drug-likeness (QED) is 0.537. The second-order valence-electron chi connectivity index (χ2n) is 5.79. The molecule has 2 aromatic rings. The molecule has 0 aromatic heterocycles. The lowest BCUT2D eigenvalue weighted by Gasteiger charge is -2.11. The second-order valence-corrected chi connectivity index (χ2v) is 6.19. The number of benzene rings is 2. The van der Waals surface area contributed by atoms with Gasteiger partial charge in [-0.2, -0.15) is 18.4 Å². The number of hydrogen-bond acceptors (Lipinski definition) is 3. The third-order valence-electron chi connectivity index (χ3n) is 3.61. The fourth-order valence-electron chi connectivity index (χ4n) is 2.36. The minimum Gasteiger partial charge on any atom is -0.359 e. The summed E-state index contributed by atoms with van der Waals surface area (Å²) >= 11 is 6.15. The van der Waals surface area contributed by atoms with Crippen LogP contribution in [-0.2, 0) is 11.0 Å². The Labute approximate surface area is 159 Å². The third kappa shape index (κ3) is 5.25. The molecule has 0 radical (unpaired) electrons. The number of nitrogens with one attached hydrogen (secondary N) is 2. The maximum Gasteiger partial charge on any atom is 0.416 e. The molecule has 140 valence electrons. The molecule has 27 heavy (non-hydrogen) atoms. The third-order valence-corrected chi connectivity index (χ3v) is 3.90. The Kier molecular flexibility index (Phi) is 6.13. The maximum absolute atomic E-state index is 12.7. The van der Waals surface area contributed by atoms with E-state index >= 15 is 0 Å². The van der Waals surface area contributed by atoms with Crippen molar-refractivity contribution in [1.29, 1.82) is 5.26 Å². The van der Waals surface area contributed by atoms with Crippen molar-refractivity contribution in [3.05, 3.63) is 69.9 Å². The fourth-order valence-corrected chi connectivity index (χ4v) is 2.74. The first kappa shape index (κ1) is 20.3. The summed E-state index contributed by atoms with van der Waals surface area (Å²) in [6.07, 6.45) is -3.37. The molecule has 0 unspecified atom stereocenters. The maximum atomic E-state index is 12.7. The molecular formula is C19H15ClF3N3O. The zero-order valence-corrected chi connectivity index (χ0v) is 15.2. The fraction of sp³-hybridized carbons (Fsp3) is 0.158. The number of aryl methyl sites for hydroxylation is 2. The highest BCUT2D eigenvalue weighted by atomic mass is 35.5. The van der Waals surface area contributed by atoms with Crippen LogP contribution < -0.4 is 10.6 Å². The predicted molar refractivity (Wildman–Crippen MR) is 98.3 cm³/mol. The molecule has 2 aromatic carbocycles. The van der Waals surface area contributed by atoms with Gasteiger partial charge in [0.15, 0.2) is 0 Å². The van der Waals surface area contributed by atoms with Gasteiger partial charge in [-0.1, -0.05) is 23.7 Å². The number of nitriles is 1. The Balaban J connectivity index is 2.20. The number of nitrogens with zero attached hydrogens (tertiary/aromatic N) is 1. The Bertz CT molecular complexity index is 923. The zero-order valence-electron chi connectivity index (χ0n) is 14.4. The lowest BCUT2D eigenvalue weighted by atomic mass is 10.1. The molecular weight excluding hydrogens is 379 g/mol. The largest absolute Gasteiger partial charge is 0.416 e. The molecule has 0 aliphatic heterocycles. The number of halogens is 4. The van der Waals surface area contributed by atoms with Crippen molar-refractivity contribution in [3.63, 3.8) is 0 Å². The average molecular weight is 394 g/mol. The van der Waals surface area contributed by atoms with Crippen LogP contribution >= 0.6 is 11.6 Å². The summed E-state index contributed by atoms with van der Waals surface area (Å²) in [5.41, 5.74) is 1.01. The summed E-state index contributed by atoms with van der Waals surface area (Å²) in [6.45, 7) is 3.69. The van der Waals surface area contributed by atoms with Crippen molar-refractivity contribution in [2.45, 2.75) is 20.0 Å². The van der Waals surface area contributed by atoms with Crippen LogP contribution in [0.5, 0.6) is 0 Å². The van der Waals surface area contributed by atoms with E-state index in [-0.39, 0.29) is 11.3 Å². The lowest BCUT2D eigenvalue weighted by Crippen LogP contribution is -2.15. The number of rotatable bonds is 4. The average Bonchev–Trinajstić information content (AvgIpc) is 2.56. The van der Waals surface area contributed by atoms with Gasteiger partial charge in [-0.25, -0.2) is 0 Å². The smallest absolute Gasteiger partial charge is 0.359 e. The van der Waals surface area contributed by atoms with E-state index < -0.39 is 17.6 Å². The van der Waals surface area contributed by atoms with Crippen LogP contribution in [0.4, 0.5) is 24.5 Å².